The van der Waals surface area contributed by atoms with E-state index in [2.05, 4.69) is 34.7 Å². The number of carbonyl (C=O) groups excluding carboxylic acids is 1. The molecule has 1 amide bonds. The van der Waals surface area contributed by atoms with Gasteiger partial charge in [0, 0.05) is 24.1 Å². The lowest BCUT2D eigenvalue weighted by Crippen LogP contribution is -2.13. The molecular weight excluding hydrogens is 310 g/mol. The van der Waals surface area contributed by atoms with E-state index < -0.39 is 0 Å². The van der Waals surface area contributed by atoms with E-state index >= 15 is 0 Å². The largest absolute Gasteiger partial charge is 0.377 e. The van der Waals surface area contributed by atoms with E-state index in [-0.39, 0.29) is 11.9 Å². The first kappa shape index (κ1) is 16.7. The lowest BCUT2D eigenvalue weighted by molar-refractivity contribution is 0.102. The zero-order chi connectivity index (χ0) is 17.6. The van der Waals surface area contributed by atoms with Gasteiger partial charge in [-0.2, -0.15) is 0 Å². The topological polar surface area (TPSA) is 54.0 Å². The highest BCUT2D eigenvalue weighted by Gasteiger charge is 2.10. The Balaban J connectivity index is 1.70. The molecule has 4 nitrogen and oxygen atoms in total. The minimum atomic E-state index is -0.174. The monoisotopic (exact) mass is 331 g/mol. The summed E-state index contributed by atoms with van der Waals surface area (Å²) in [4.78, 5) is 16.6. The first-order chi connectivity index (χ1) is 12.1. The van der Waals surface area contributed by atoms with Crippen molar-refractivity contribution in [1.82, 2.24) is 4.98 Å². The van der Waals surface area contributed by atoms with E-state index in [1.807, 2.05) is 55.5 Å². The third-order valence-electron chi connectivity index (χ3n) is 3.99. The lowest BCUT2D eigenvalue weighted by Gasteiger charge is -2.16. The zero-order valence-electron chi connectivity index (χ0n) is 14.4. The highest BCUT2D eigenvalue weighted by Crippen LogP contribution is 2.19. The number of aromatic nitrogens is 1. The minimum Gasteiger partial charge on any atom is -0.377 e. The molecule has 2 aromatic carbocycles. The second kappa shape index (κ2) is 7.62. The fourth-order valence-corrected chi connectivity index (χ4v) is 2.56. The van der Waals surface area contributed by atoms with Gasteiger partial charge in [0.1, 0.15) is 0 Å². The first-order valence-electron chi connectivity index (χ1n) is 8.26. The van der Waals surface area contributed by atoms with Crippen LogP contribution in [0.1, 0.15) is 34.5 Å². The number of amides is 1. The Morgan fingerprint density at radius 1 is 0.960 bits per heavy atom. The second-order valence-corrected chi connectivity index (χ2v) is 6.06. The molecule has 1 atom stereocenters. The Kier molecular flexibility index (Phi) is 5.09. The number of anilines is 2. The van der Waals surface area contributed by atoms with Crippen molar-refractivity contribution in [2.45, 2.75) is 19.9 Å². The summed E-state index contributed by atoms with van der Waals surface area (Å²) < 4.78 is 0. The summed E-state index contributed by atoms with van der Waals surface area (Å²) in [6.45, 7) is 4.09. The Morgan fingerprint density at radius 3 is 2.40 bits per heavy atom. The highest BCUT2D eigenvalue weighted by atomic mass is 16.1. The summed E-state index contributed by atoms with van der Waals surface area (Å²) in [5, 5.41) is 6.27. The van der Waals surface area contributed by atoms with E-state index in [9.17, 15) is 4.79 Å². The Hall–Kier alpha value is -3.14. The lowest BCUT2D eigenvalue weighted by atomic mass is 10.1. The van der Waals surface area contributed by atoms with Gasteiger partial charge in [-0.05, 0) is 37.6 Å². The quantitative estimate of drug-likeness (QED) is 0.705. The average Bonchev–Trinajstić information content (AvgIpc) is 2.64. The number of aryl methyl sites for hydroxylation is 1. The highest BCUT2D eigenvalue weighted by molar-refractivity contribution is 6.04. The van der Waals surface area contributed by atoms with E-state index in [1.54, 1.807) is 12.4 Å². The number of benzene rings is 2. The van der Waals surface area contributed by atoms with Crippen LogP contribution >= 0.6 is 0 Å². The first-order valence-corrected chi connectivity index (χ1v) is 8.26. The number of hydrogen-bond acceptors (Lipinski definition) is 3. The normalized spacial score (nSPS) is 11.6. The molecule has 0 aliphatic carbocycles. The molecule has 0 saturated carbocycles. The summed E-state index contributed by atoms with van der Waals surface area (Å²) in [5.41, 5.74) is 4.43. The van der Waals surface area contributed by atoms with Crippen LogP contribution < -0.4 is 10.6 Å². The van der Waals surface area contributed by atoms with E-state index in [0.717, 1.165) is 16.9 Å². The van der Waals surface area contributed by atoms with E-state index in [0.29, 0.717) is 5.56 Å². The molecule has 4 heteroatoms. The van der Waals surface area contributed by atoms with Crippen LogP contribution in [0.15, 0.2) is 73.1 Å². The van der Waals surface area contributed by atoms with Crippen LogP contribution in [0, 0.1) is 6.92 Å². The van der Waals surface area contributed by atoms with Gasteiger partial charge in [0.2, 0.25) is 0 Å². The smallest absolute Gasteiger partial charge is 0.257 e. The van der Waals surface area contributed by atoms with Crippen LogP contribution in [-0.2, 0) is 0 Å². The van der Waals surface area contributed by atoms with Crippen molar-refractivity contribution in [2.75, 3.05) is 10.6 Å². The number of carbonyl (C=O) groups is 1. The van der Waals surface area contributed by atoms with Crippen LogP contribution in [0.5, 0.6) is 0 Å². The van der Waals surface area contributed by atoms with E-state index in [4.69, 9.17) is 0 Å². The van der Waals surface area contributed by atoms with Gasteiger partial charge < -0.3 is 10.6 Å². The summed E-state index contributed by atoms with van der Waals surface area (Å²) in [5.74, 6) is -0.174. The Bertz CT molecular complexity index is 845. The molecule has 25 heavy (non-hydrogen) atoms. The van der Waals surface area contributed by atoms with Crippen molar-refractivity contribution >= 4 is 17.3 Å². The average molecular weight is 331 g/mol. The fraction of sp³-hybridized carbons (Fsp3) is 0.143. The molecule has 126 valence electrons. The van der Waals surface area contributed by atoms with Gasteiger partial charge in [-0.3, -0.25) is 9.78 Å². The van der Waals surface area contributed by atoms with Gasteiger partial charge in [-0.25, -0.2) is 0 Å². The summed E-state index contributed by atoms with van der Waals surface area (Å²) >= 11 is 0. The van der Waals surface area contributed by atoms with Crippen LogP contribution in [0.25, 0.3) is 0 Å². The molecule has 0 spiro atoms. The van der Waals surface area contributed by atoms with Crippen LogP contribution in [-0.4, -0.2) is 10.9 Å². The number of nitrogens with one attached hydrogen (secondary N) is 2. The van der Waals surface area contributed by atoms with Gasteiger partial charge in [0.25, 0.3) is 5.91 Å². The van der Waals surface area contributed by atoms with Crippen molar-refractivity contribution in [2.24, 2.45) is 0 Å². The Morgan fingerprint density at radius 2 is 1.68 bits per heavy atom. The van der Waals surface area contributed by atoms with Crippen molar-refractivity contribution in [1.29, 1.82) is 0 Å². The predicted molar refractivity (Wildman–Crippen MR) is 102 cm³/mol. The summed E-state index contributed by atoms with van der Waals surface area (Å²) in [6.07, 6.45) is 3.30. The molecular formula is C21H21N3O. The number of rotatable bonds is 5. The SMILES string of the molecule is Cc1ccc(NC(=O)c2cncc(NC(C)c3ccccc3)c2)cc1. The van der Waals surface area contributed by atoms with Crippen molar-refractivity contribution in [3.05, 3.63) is 89.7 Å². The molecule has 1 heterocycles. The minimum absolute atomic E-state index is 0.124. The molecule has 1 unspecified atom stereocenters. The molecule has 0 aliphatic rings. The van der Waals surface area contributed by atoms with Gasteiger partial charge in [0.05, 0.1) is 11.3 Å². The summed E-state index contributed by atoms with van der Waals surface area (Å²) in [7, 11) is 0. The maximum Gasteiger partial charge on any atom is 0.257 e. The van der Waals surface area contributed by atoms with Gasteiger partial charge in [-0.15, -0.1) is 0 Å². The van der Waals surface area contributed by atoms with Crippen molar-refractivity contribution in [3.8, 4) is 0 Å². The third kappa shape index (κ3) is 4.44. The van der Waals surface area contributed by atoms with Crippen molar-refractivity contribution < 1.29 is 4.79 Å². The fourth-order valence-electron chi connectivity index (χ4n) is 2.56. The Labute approximate surface area is 147 Å². The predicted octanol–water partition coefficient (Wildman–Crippen LogP) is 4.82. The van der Waals surface area contributed by atoms with Gasteiger partial charge in [-0.1, -0.05) is 48.0 Å². The van der Waals surface area contributed by atoms with Crippen molar-refractivity contribution in [3.63, 3.8) is 0 Å². The number of hydrogen-bond donors (Lipinski definition) is 2. The number of pyridine rings is 1. The van der Waals surface area contributed by atoms with Gasteiger partial charge >= 0.3 is 0 Å². The number of nitrogens with zero attached hydrogens (tertiary/aromatic N) is 1. The molecule has 0 saturated heterocycles. The molecule has 1 aromatic heterocycles. The molecule has 0 radical (unpaired) electrons. The van der Waals surface area contributed by atoms with Crippen LogP contribution in [0.4, 0.5) is 11.4 Å². The molecule has 0 fully saturated rings. The maximum absolute atomic E-state index is 12.4. The van der Waals surface area contributed by atoms with Crippen LogP contribution in [0.3, 0.4) is 0 Å². The summed E-state index contributed by atoms with van der Waals surface area (Å²) in [6, 6.07) is 19.8. The molecule has 3 rings (SSSR count). The second-order valence-electron chi connectivity index (χ2n) is 6.06. The van der Waals surface area contributed by atoms with Gasteiger partial charge in [0.15, 0.2) is 0 Å². The third-order valence-corrected chi connectivity index (χ3v) is 3.99. The zero-order valence-corrected chi connectivity index (χ0v) is 14.4. The molecule has 0 bridgehead atoms. The van der Waals surface area contributed by atoms with Crippen LogP contribution in [0.2, 0.25) is 0 Å². The standard InChI is InChI=1S/C21H21N3O/c1-15-8-10-19(11-9-15)24-21(25)18-12-20(14-22-13-18)23-16(2)17-6-4-3-5-7-17/h3-14,16,23H,1-2H3,(H,24,25). The molecule has 3 aromatic rings. The maximum atomic E-state index is 12.4. The molecule has 2 N–H and O–H groups in total. The molecule has 0 aliphatic heterocycles. The van der Waals surface area contributed by atoms with E-state index in [1.165, 1.54) is 5.56 Å².